The molecule has 0 amide bonds. The minimum absolute atomic E-state index is 1.28. The van der Waals surface area contributed by atoms with Crippen molar-refractivity contribution in [1.82, 2.24) is 0 Å². The maximum Gasteiger partial charge on any atom is -0.0246 e. The lowest BCUT2D eigenvalue weighted by Crippen LogP contribution is -1.94. The van der Waals surface area contributed by atoms with E-state index in [-0.39, 0.29) is 0 Å². The zero-order valence-electron chi connectivity index (χ0n) is 6.04. The summed E-state index contributed by atoms with van der Waals surface area (Å²) in [7, 11) is 2.06. The highest BCUT2D eigenvalue weighted by atomic mass is 28.1. The van der Waals surface area contributed by atoms with Crippen molar-refractivity contribution < 1.29 is 0 Å². The van der Waals surface area contributed by atoms with Crippen LogP contribution in [0.15, 0.2) is 0 Å². The Morgan fingerprint density at radius 2 is 2.00 bits per heavy atom. The van der Waals surface area contributed by atoms with E-state index in [2.05, 4.69) is 23.7 Å². The van der Waals surface area contributed by atoms with E-state index in [4.69, 9.17) is 0 Å². The second-order valence-electron chi connectivity index (χ2n) is 2.21. The molecule has 0 atom stereocenters. The van der Waals surface area contributed by atoms with Crippen LogP contribution in [0.5, 0.6) is 0 Å². The van der Waals surface area contributed by atoms with Gasteiger partial charge in [-0.25, -0.2) is 0 Å². The summed E-state index contributed by atoms with van der Waals surface area (Å²) < 4.78 is 0. The van der Waals surface area contributed by atoms with Gasteiger partial charge in [-0.1, -0.05) is 31.9 Å². The van der Waals surface area contributed by atoms with Crippen molar-refractivity contribution >= 4 is 15.0 Å². The van der Waals surface area contributed by atoms with Crippen LogP contribution in [0.25, 0.3) is 0 Å². The van der Waals surface area contributed by atoms with E-state index in [0.29, 0.717) is 0 Å². The largest absolute Gasteiger partial charge is 0.0961 e. The third kappa shape index (κ3) is 4.25. The molecule has 0 radical (unpaired) electrons. The number of unbranched alkanes of at least 4 members (excludes halogenated alkanes) is 1. The fraction of sp³-hybridized carbons (Fsp3) is 0.857. The summed E-state index contributed by atoms with van der Waals surface area (Å²) >= 11 is 0. The van der Waals surface area contributed by atoms with Gasteiger partial charge in [0.2, 0.25) is 0 Å². The Balaban J connectivity index is 2.99. The average Bonchev–Trinajstić information content (AvgIpc) is 1.83. The molecule has 8 heavy (non-hydrogen) atoms. The Morgan fingerprint density at radius 3 is 2.38 bits per heavy atom. The fourth-order valence-corrected chi connectivity index (χ4v) is 0.854. The Hall–Kier alpha value is 0.0869. The van der Waals surface area contributed by atoms with Crippen LogP contribution in [0.1, 0.15) is 39.5 Å². The normalized spacial score (nSPS) is 9.25. The molecule has 0 fully saturated rings. The van der Waals surface area contributed by atoms with Gasteiger partial charge in [-0.05, 0) is 22.7 Å². The Kier molecular flexibility index (Phi) is 5.28. The molecular formula is C7H16Si. The summed E-state index contributed by atoms with van der Waals surface area (Å²) in [4.78, 5) is 0. The second kappa shape index (κ2) is 5.23. The number of rotatable bonds is 4. The molecule has 0 unspecified atom stereocenters. The van der Waals surface area contributed by atoms with E-state index in [1.165, 1.54) is 25.7 Å². The molecule has 0 aliphatic rings. The SMILES string of the molecule is CCCCC(=[SiH2])CC. The molecule has 0 aromatic rings. The average molecular weight is 128 g/mol. The first-order chi connectivity index (χ1) is 3.81. The number of hydrogen-bond acceptors (Lipinski definition) is 0. The molecule has 0 nitrogen and oxygen atoms in total. The van der Waals surface area contributed by atoms with Crippen molar-refractivity contribution in [3.05, 3.63) is 0 Å². The van der Waals surface area contributed by atoms with Crippen LogP contribution in [0.4, 0.5) is 0 Å². The molecule has 0 rings (SSSR count). The van der Waals surface area contributed by atoms with E-state index in [0.717, 1.165) is 0 Å². The van der Waals surface area contributed by atoms with Crippen molar-refractivity contribution in [1.29, 1.82) is 0 Å². The maximum absolute atomic E-state index is 2.24. The summed E-state index contributed by atoms with van der Waals surface area (Å²) in [5.41, 5.74) is 0. The predicted octanol–water partition coefficient (Wildman–Crippen LogP) is 1.39. The van der Waals surface area contributed by atoms with E-state index in [9.17, 15) is 0 Å². The Morgan fingerprint density at radius 1 is 1.38 bits per heavy atom. The first-order valence-corrected chi connectivity index (χ1v) is 4.18. The van der Waals surface area contributed by atoms with Gasteiger partial charge in [-0.2, -0.15) is 0 Å². The van der Waals surface area contributed by atoms with Gasteiger partial charge in [-0.15, -0.1) is 0 Å². The van der Waals surface area contributed by atoms with Gasteiger partial charge in [-0.3, -0.25) is 0 Å². The van der Waals surface area contributed by atoms with Crippen LogP contribution in [0.2, 0.25) is 0 Å². The Labute approximate surface area is 55.3 Å². The van der Waals surface area contributed by atoms with Crippen molar-refractivity contribution in [2.45, 2.75) is 39.5 Å². The van der Waals surface area contributed by atoms with Crippen LogP contribution in [0.3, 0.4) is 0 Å². The quantitative estimate of drug-likeness (QED) is 0.502. The number of hydrogen-bond donors (Lipinski definition) is 0. The summed E-state index contributed by atoms with van der Waals surface area (Å²) in [6.45, 7) is 4.48. The molecule has 0 saturated heterocycles. The van der Waals surface area contributed by atoms with Gasteiger partial charge in [0, 0.05) is 0 Å². The van der Waals surface area contributed by atoms with E-state index >= 15 is 0 Å². The monoisotopic (exact) mass is 128 g/mol. The van der Waals surface area contributed by atoms with Crippen LogP contribution in [-0.4, -0.2) is 15.0 Å². The Bertz CT molecular complexity index is 66.8. The lowest BCUT2D eigenvalue weighted by molar-refractivity contribution is 0.832. The minimum Gasteiger partial charge on any atom is -0.0961 e. The van der Waals surface area contributed by atoms with Gasteiger partial charge in [0.15, 0.2) is 0 Å². The van der Waals surface area contributed by atoms with Crippen molar-refractivity contribution in [3.63, 3.8) is 0 Å². The first kappa shape index (κ1) is 8.09. The standard InChI is InChI=1S/C7H16Si/c1-3-5-6-7(8)4-2/h3-6,8H2,1-2H3. The lowest BCUT2D eigenvalue weighted by atomic mass is 10.2. The fourth-order valence-electron chi connectivity index (χ4n) is 0.604. The summed E-state index contributed by atoms with van der Waals surface area (Å²) in [5, 5.41) is 1.67. The molecule has 0 N–H and O–H groups in total. The first-order valence-electron chi connectivity index (χ1n) is 3.47. The molecule has 0 heterocycles. The van der Waals surface area contributed by atoms with Crippen molar-refractivity contribution in [3.8, 4) is 0 Å². The maximum atomic E-state index is 2.24. The van der Waals surface area contributed by atoms with Gasteiger partial charge in [0.05, 0.1) is 0 Å². The third-order valence-electron chi connectivity index (χ3n) is 1.38. The summed E-state index contributed by atoms with van der Waals surface area (Å²) in [6, 6.07) is 0. The van der Waals surface area contributed by atoms with Crippen LogP contribution in [0, 0.1) is 0 Å². The molecule has 0 bridgehead atoms. The molecule has 0 spiro atoms. The molecule has 0 aromatic heterocycles. The van der Waals surface area contributed by atoms with Crippen molar-refractivity contribution in [2.75, 3.05) is 0 Å². The van der Waals surface area contributed by atoms with Crippen molar-refractivity contribution in [2.24, 2.45) is 0 Å². The van der Waals surface area contributed by atoms with Gasteiger partial charge >= 0.3 is 0 Å². The zero-order valence-corrected chi connectivity index (χ0v) is 7.45. The molecule has 48 valence electrons. The van der Waals surface area contributed by atoms with Gasteiger partial charge in [0.25, 0.3) is 0 Å². The molecule has 0 saturated carbocycles. The topological polar surface area (TPSA) is 0 Å². The zero-order chi connectivity index (χ0) is 6.41. The molecule has 0 aromatic carbocycles. The van der Waals surface area contributed by atoms with Crippen LogP contribution in [-0.2, 0) is 0 Å². The van der Waals surface area contributed by atoms with Gasteiger partial charge in [0.1, 0.15) is 0 Å². The summed E-state index contributed by atoms with van der Waals surface area (Å²) in [5.74, 6) is 0. The molecule has 0 aliphatic carbocycles. The molecule has 1 heteroatoms. The van der Waals surface area contributed by atoms with Crippen LogP contribution >= 0.6 is 0 Å². The van der Waals surface area contributed by atoms with E-state index < -0.39 is 0 Å². The highest BCUT2D eigenvalue weighted by Crippen LogP contribution is 1.96. The van der Waals surface area contributed by atoms with Crippen LogP contribution < -0.4 is 0 Å². The van der Waals surface area contributed by atoms with Gasteiger partial charge < -0.3 is 0 Å². The predicted molar refractivity (Wildman–Crippen MR) is 43.4 cm³/mol. The molecular weight excluding hydrogens is 112 g/mol. The molecule has 0 aliphatic heterocycles. The summed E-state index contributed by atoms with van der Waals surface area (Å²) in [6.07, 6.45) is 5.35. The smallest absolute Gasteiger partial charge is 0.0246 e. The lowest BCUT2D eigenvalue weighted by Gasteiger charge is -1.97. The highest BCUT2D eigenvalue weighted by Gasteiger charge is 1.86. The minimum atomic E-state index is 1.28. The third-order valence-corrected chi connectivity index (χ3v) is 2.24. The highest BCUT2D eigenvalue weighted by molar-refractivity contribution is 6.37. The van der Waals surface area contributed by atoms with E-state index in [1.807, 2.05) is 0 Å². The van der Waals surface area contributed by atoms with E-state index in [1.54, 1.807) is 5.17 Å². The second-order valence-corrected chi connectivity index (χ2v) is 3.21.